The second-order valence-electron chi connectivity index (χ2n) is 4.29. The van der Waals surface area contributed by atoms with Gasteiger partial charge >= 0.3 is 0 Å². The van der Waals surface area contributed by atoms with E-state index >= 15 is 0 Å². The Kier molecular flexibility index (Phi) is 5.94. The van der Waals surface area contributed by atoms with E-state index in [1.54, 1.807) is 7.11 Å². The molecule has 0 saturated carbocycles. The smallest absolute Gasteiger partial charge is 0.118 e. The molecular weight excluding hydrogens is 198 g/mol. The number of methoxy groups -OCH3 is 1. The highest BCUT2D eigenvalue weighted by atomic mass is 16.5. The molecule has 1 atom stereocenters. The lowest BCUT2D eigenvalue weighted by Crippen LogP contribution is -2.20. The Labute approximate surface area is 98.8 Å². The monoisotopic (exact) mass is 221 g/mol. The molecule has 90 valence electrons. The Morgan fingerprint density at radius 3 is 2.44 bits per heavy atom. The average Bonchev–Trinajstić information content (AvgIpc) is 2.34. The van der Waals surface area contributed by atoms with Crippen LogP contribution in [0.5, 0.6) is 5.75 Å². The van der Waals surface area contributed by atoms with Crippen LogP contribution in [0.15, 0.2) is 24.3 Å². The summed E-state index contributed by atoms with van der Waals surface area (Å²) in [5.74, 6) is 0.916. The summed E-state index contributed by atoms with van der Waals surface area (Å²) in [6, 6.07) is 8.60. The summed E-state index contributed by atoms with van der Waals surface area (Å²) >= 11 is 0. The molecule has 0 aliphatic rings. The van der Waals surface area contributed by atoms with E-state index in [4.69, 9.17) is 10.5 Å². The fourth-order valence-electron chi connectivity index (χ4n) is 1.75. The lowest BCUT2D eigenvalue weighted by Gasteiger charge is -2.10. The standard InChI is InChI=1S/C14H23NO/c1-3-4-5-13(15)9-6-12-7-10-14(16-2)11-8-12/h7-8,10-11,13H,3-6,9,15H2,1-2H3. The molecule has 0 spiro atoms. The van der Waals surface area contributed by atoms with Gasteiger partial charge in [0.2, 0.25) is 0 Å². The summed E-state index contributed by atoms with van der Waals surface area (Å²) in [5.41, 5.74) is 7.38. The molecule has 0 saturated heterocycles. The average molecular weight is 221 g/mol. The maximum Gasteiger partial charge on any atom is 0.118 e. The van der Waals surface area contributed by atoms with Crippen LogP contribution in [0.1, 0.15) is 38.2 Å². The van der Waals surface area contributed by atoms with E-state index in [0.717, 1.165) is 25.0 Å². The van der Waals surface area contributed by atoms with Crippen molar-refractivity contribution in [1.29, 1.82) is 0 Å². The van der Waals surface area contributed by atoms with Gasteiger partial charge in [0.1, 0.15) is 5.75 Å². The first-order valence-corrected chi connectivity index (χ1v) is 6.14. The minimum atomic E-state index is 0.349. The number of rotatable bonds is 7. The Morgan fingerprint density at radius 1 is 1.19 bits per heavy atom. The van der Waals surface area contributed by atoms with Crippen molar-refractivity contribution < 1.29 is 4.74 Å². The molecule has 2 N–H and O–H groups in total. The molecule has 0 bridgehead atoms. The minimum absolute atomic E-state index is 0.349. The number of aryl methyl sites for hydroxylation is 1. The molecule has 0 fully saturated rings. The topological polar surface area (TPSA) is 35.2 Å². The van der Waals surface area contributed by atoms with E-state index in [0.29, 0.717) is 6.04 Å². The summed E-state index contributed by atoms with van der Waals surface area (Å²) in [6.45, 7) is 2.20. The maximum atomic E-state index is 6.04. The van der Waals surface area contributed by atoms with Crippen LogP contribution < -0.4 is 10.5 Å². The van der Waals surface area contributed by atoms with Gasteiger partial charge in [0, 0.05) is 6.04 Å². The second kappa shape index (κ2) is 7.29. The molecule has 0 amide bonds. The maximum absolute atomic E-state index is 6.04. The zero-order chi connectivity index (χ0) is 11.8. The Hall–Kier alpha value is -1.02. The van der Waals surface area contributed by atoms with Crippen LogP contribution in [0.3, 0.4) is 0 Å². The molecule has 0 heterocycles. The minimum Gasteiger partial charge on any atom is -0.497 e. The largest absolute Gasteiger partial charge is 0.497 e. The van der Waals surface area contributed by atoms with E-state index in [1.165, 1.54) is 18.4 Å². The van der Waals surface area contributed by atoms with Gasteiger partial charge < -0.3 is 10.5 Å². The SMILES string of the molecule is CCCCC(N)CCc1ccc(OC)cc1. The summed E-state index contributed by atoms with van der Waals surface area (Å²) in [5, 5.41) is 0. The molecule has 1 aromatic carbocycles. The van der Waals surface area contributed by atoms with Crippen molar-refractivity contribution in [3.63, 3.8) is 0 Å². The van der Waals surface area contributed by atoms with E-state index in [9.17, 15) is 0 Å². The molecule has 0 aliphatic carbocycles. The van der Waals surface area contributed by atoms with E-state index in [1.807, 2.05) is 12.1 Å². The zero-order valence-electron chi connectivity index (χ0n) is 10.4. The second-order valence-corrected chi connectivity index (χ2v) is 4.29. The molecule has 16 heavy (non-hydrogen) atoms. The van der Waals surface area contributed by atoms with Crippen molar-refractivity contribution in [1.82, 2.24) is 0 Å². The number of ether oxygens (including phenoxy) is 1. The van der Waals surface area contributed by atoms with Gasteiger partial charge in [-0.3, -0.25) is 0 Å². The fourth-order valence-corrected chi connectivity index (χ4v) is 1.75. The van der Waals surface area contributed by atoms with E-state index < -0.39 is 0 Å². The number of benzene rings is 1. The Balaban J connectivity index is 2.30. The third-order valence-electron chi connectivity index (χ3n) is 2.89. The van der Waals surface area contributed by atoms with Crippen molar-refractivity contribution in [3.05, 3.63) is 29.8 Å². The van der Waals surface area contributed by atoms with Crippen molar-refractivity contribution in [2.24, 2.45) is 5.73 Å². The van der Waals surface area contributed by atoms with Crippen LogP contribution in [0.2, 0.25) is 0 Å². The molecule has 2 heteroatoms. The Bertz CT molecular complexity index is 281. The molecule has 0 radical (unpaired) electrons. The van der Waals surface area contributed by atoms with E-state index in [-0.39, 0.29) is 0 Å². The highest BCUT2D eigenvalue weighted by Gasteiger charge is 2.02. The van der Waals surface area contributed by atoms with Gasteiger partial charge in [-0.25, -0.2) is 0 Å². The van der Waals surface area contributed by atoms with Gasteiger partial charge in [-0.05, 0) is 37.0 Å². The molecule has 2 nitrogen and oxygen atoms in total. The zero-order valence-corrected chi connectivity index (χ0v) is 10.4. The van der Waals surface area contributed by atoms with Crippen molar-refractivity contribution >= 4 is 0 Å². The summed E-state index contributed by atoms with van der Waals surface area (Å²) in [4.78, 5) is 0. The molecular formula is C14H23NO. The van der Waals surface area contributed by atoms with Crippen LogP contribution >= 0.6 is 0 Å². The summed E-state index contributed by atoms with van der Waals surface area (Å²) in [7, 11) is 1.69. The predicted molar refractivity (Wildman–Crippen MR) is 68.8 cm³/mol. The third kappa shape index (κ3) is 4.67. The van der Waals surface area contributed by atoms with Crippen molar-refractivity contribution in [3.8, 4) is 5.75 Å². The number of hydrogen-bond donors (Lipinski definition) is 1. The van der Waals surface area contributed by atoms with Crippen molar-refractivity contribution in [2.45, 2.75) is 45.1 Å². The number of unbranched alkanes of at least 4 members (excludes halogenated alkanes) is 1. The first kappa shape index (κ1) is 13.0. The number of nitrogens with two attached hydrogens (primary N) is 1. The fraction of sp³-hybridized carbons (Fsp3) is 0.571. The molecule has 1 unspecified atom stereocenters. The highest BCUT2D eigenvalue weighted by Crippen LogP contribution is 2.13. The summed E-state index contributed by atoms with van der Waals surface area (Å²) in [6.07, 6.45) is 5.76. The summed E-state index contributed by atoms with van der Waals surface area (Å²) < 4.78 is 5.12. The first-order valence-electron chi connectivity index (χ1n) is 6.14. The molecule has 0 aromatic heterocycles. The van der Waals surface area contributed by atoms with Gasteiger partial charge in [0.15, 0.2) is 0 Å². The number of hydrogen-bond acceptors (Lipinski definition) is 2. The molecule has 1 rings (SSSR count). The van der Waals surface area contributed by atoms with Crippen molar-refractivity contribution in [2.75, 3.05) is 7.11 Å². The van der Waals surface area contributed by atoms with E-state index in [2.05, 4.69) is 19.1 Å². The third-order valence-corrected chi connectivity index (χ3v) is 2.89. The van der Waals surface area contributed by atoms with Gasteiger partial charge in [-0.15, -0.1) is 0 Å². The predicted octanol–water partition coefficient (Wildman–Crippen LogP) is 3.15. The Morgan fingerprint density at radius 2 is 1.88 bits per heavy atom. The quantitative estimate of drug-likeness (QED) is 0.767. The van der Waals surface area contributed by atoms with Gasteiger partial charge in [-0.1, -0.05) is 31.9 Å². The van der Waals surface area contributed by atoms with Crippen LogP contribution in [0.25, 0.3) is 0 Å². The highest BCUT2D eigenvalue weighted by molar-refractivity contribution is 5.27. The van der Waals surface area contributed by atoms with Crippen LogP contribution in [-0.2, 0) is 6.42 Å². The lowest BCUT2D eigenvalue weighted by molar-refractivity contribution is 0.414. The first-order chi connectivity index (χ1) is 7.76. The normalized spacial score (nSPS) is 12.4. The van der Waals surface area contributed by atoms with Crippen LogP contribution in [0.4, 0.5) is 0 Å². The molecule has 1 aromatic rings. The van der Waals surface area contributed by atoms with Gasteiger partial charge in [0.25, 0.3) is 0 Å². The van der Waals surface area contributed by atoms with Gasteiger partial charge in [0.05, 0.1) is 7.11 Å². The van der Waals surface area contributed by atoms with Crippen LogP contribution in [-0.4, -0.2) is 13.2 Å². The van der Waals surface area contributed by atoms with Gasteiger partial charge in [-0.2, -0.15) is 0 Å². The molecule has 0 aliphatic heterocycles. The van der Waals surface area contributed by atoms with Crippen LogP contribution in [0, 0.1) is 0 Å². The lowest BCUT2D eigenvalue weighted by atomic mass is 10.0.